The Morgan fingerprint density at radius 3 is 1.19 bits per heavy atom. The van der Waals surface area contributed by atoms with Crippen LogP contribution in [0, 0.1) is 30.3 Å². The van der Waals surface area contributed by atoms with Crippen LogP contribution in [0.3, 0.4) is 0 Å². The maximum absolute atomic E-state index is 10.4. The van der Waals surface area contributed by atoms with E-state index < -0.39 is 43.3 Å². The molecule has 1 aromatic carbocycles. The Balaban J connectivity index is 0. The number of hydrogen-bond donors (Lipinski definition) is 8. The number of guanidine groups is 2. The van der Waals surface area contributed by atoms with E-state index in [4.69, 9.17) is 33.1 Å². The van der Waals surface area contributed by atoms with Crippen molar-refractivity contribution in [3.8, 4) is 11.5 Å². The van der Waals surface area contributed by atoms with E-state index in [0.29, 0.717) is 0 Å². The predicted octanol–water partition coefficient (Wildman–Crippen LogP) is -2.91. The molecule has 0 fully saturated rings. The molecule has 0 spiro atoms. The summed E-state index contributed by atoms with van der Waals surface area (Å²) in [5.41, 5.74) is 14.8. The molecule has 0 atom stereocenters. The van der Waals surface area contributed by atoms with Gasteiger partial charge < -0.3 is 44.8 Å². The second kappa shape index (κ2) is 10.8. The van der Waals surface area contributed by atoms with Gasteiger partial charge in [0.1, 0.15) is 6.07 Å². The highest BCUT2D eigenvalue weighted by Gasteiger charge is 2.36. The molecule has 150 valence electrons. The molecule has 14 N–H and O–H groups in total. The van der Waals surface area contributed by atoms with E-state index in [-0.39, 0.29) is 18.0 Å². The van der Waals surface area contributed by atoms with Crippen molar-refractivity contribution in [2.45, 2.75) is 0 Å². The van der Waals surface area contributed by atoms with E-state index >= 15 is 0 Å². The Morgan fingerprint density at radius 1 is 0.778 bits per heavy atom. The largest absolute Gasteiger partial charge is 0.497 e. The summed E-state index contributed by atoms with van der Waals surface area (Å²) in [5.74, 6) is 5.95. The van der Waals surface area contributed by atoms with E-state index in [1.54, 1.807) is 0 Å². The maximum Gasteiger partial charge on any atom is 0.366 e. The van der Waals surface area contributed by atoms with Gasteiger partial charge in [0, 0.05) is 0 Å². The number of hydrazone groups is 2. The average molecular weight is 393 g/mol. The summed E-state index contributed by atoms with van der Waals surface area (Å²) in [5, 5.41) is 55.3. The molecular formula is C8H15N11O8. The van der Waals surface area contributed by atoms with Gasteiger partial charge in [-0.05, 0) is 0 Å². The van der Waals surface area contributed by atoms with Crippen molar-refractivity contribution >= 4 is 29.0 Å². The van der Waals surface area contributed by atoms with Crippen molar-refractivity contribution in [2.75, 3.05) is 0 Å². The van der Waals surface area contributed by atoms with Crippen LogP contribution in [0.15, 0.2) is 16.3 Å². The lowest BCUT2D eigenvalue weighted by atomic mass is 10.2. The van der Waals surface area contributed by atoms with Crippen molar-refractivity contribution in [2.24, 2.45) is 44.8 Å². The van der Waals surface area contributed by atoms with Crippen LogP contribution in [-0.2, 0) is 0 Å². The van der Waals surface area contributed by atoms with Gasteiger partial charge in [-0.1, -0.05) is 0 Å². The highest BCUT2D eigenvalue weighted by molar-refractivity contribution is 5.75. The molecule has 0 saturated carbocycles. The topological polar surface area (TPSA) is 351 Å². The van der Waals surface area contributed by atoms with Crippen LogP contribution in [0.2, 0.25) is 0 Å². The van der Waals surface area contributed by atoms with E-state index in [2.05, 4.69) is 21.9 Å². The van der Waals surface area contributed by atoms with Crippen LogP contribution in [0.1, 0.15) is 0 Å². The van der Waals surface area contributed by atoms with Crippen LogP contribution in [0.4, 0.5) is 17.1 Å². The van der Waals surface area contributed by atoms with E-state index in [1.807, 2.05) is 0 Å². The Hall–Kier alpha value is -4.84. The summed E-state index contributed by atoms with van der Waals surface area (Å²) in [7, 11) is 0. The average Bonchev–Trinajstić information content (AvgIpc) is 2.54. The highest BCUT2D eigenvalue weighted by atomic mass is 16.6. The fourth-order valence-electron chi connectivity index (χ4n) is 1.07. The van der Waals surface area contributed by atoms with Gasteiger partial charge in [0.05, 0.1) is 14.8 Å². The fourth-order valence-corrected chi connectivity index (χ4v) is 1.07. The molecule has 0 aliphatic carbocycles. The molecule has 0 saturated heterocycles. The minimum Gasteiger partial charge on any atom is -0.497 e. The van der Waals surface area contributed by atoms with E-state index in [9.17, 15) is 30.3 Å². The minimum absolute atomic E-state index is 0.0926. The molecule has 1 aromatic rings. The Morgan fingerprint density at radius 2 is 1.04 bits per heavy atom. The molecule has 0 radical (unpaired) electrons. The lowest BCUT2D eigenvalue weighted by Gasteiger charge is -2.00. The highest BCUT2D eigenvalue weighted by Crippen LogP contribution is 2.47. The van der Waals surface area contributed by atoms with Gasteiger partial charge in [-0.25, -0.2) is 0 Å². The van der Waals surface area contributed by atoms with Crippen LogP contribution >= 0.6 is 0 Å². The third-order valence-electron chi connectivity index (χ3n) is 2.08. The zero-order valence-corrected chi connectivity index (χ0v) is 13.1. The summed E-state index contributed by atoms with van der Waals surface area (Å²) in [4.78, 5) is 27.4. The van der Waals surface area contributed by atoms with E-state index in [1.165, 1.54) is 0 Å². The molecule has 0 aromatic heterocycles. The third kappa shape index (κ3) is 8.00. The van der Waals surface area contributed by atoms with Crippen LogP contribution in [0.5, 0.6) is 11.5 Å². The van der Waals surface area contributed by atoms with Crippen molar-refractivity contribution in [1.82, 2.24) is 0 Å². The van der Waals surface area contributed by atoms with Crippen LogP contribution in [0.25, 0.3) is 0 Å². The smallest absolute Gasteiger partial charge is 0.366 e. The number of nitro benzene ring substituents is 3. The van der Waals surface area contributed by atoms with Crippen molar-refractivity contribution in [3.05, 3.63) is 36.4 Å². The lowest BCUT2D eigenvalue weighted by Crippen LogP contribution is -2.23. The molecule has 0 bridgehead atoms. The zero-order valence-electron chi connectivity index (χ0n) is 13.1. The monoisotopic (exact) mass is 393 g/mol. The number of nitrogens with zero attached hydrogens (tertiary/aromatic N) is 5. The molecular weight excluding hydrogens is 378 g/mol. The van der Waals surface area contributed by atoms with Gasteiger partial charge in [-0.15, -0.1) is 10.2 Å². The number of aromatic hydroxyl groups is 2. The third-order valence-corrected chi connectivity index (χ3v) is 2.08. The molecule has 1 rings (SSSR count). The first-order valence-electron chi connectivity index (χ1n) is 5.91. The molecule has 0 aliphatic heterocycles. The van der Waals surface area contributed by atoms with Gasteiger partial charge in [-0.3, -0.25) is 30.3 Å². The van der Waals surface area contributed by atoms with Gasteiger partial charge in [0.15, 0.2) is 0 Å². The summed E-state index contributed by atoms with van der Waals surface area (Å²) in [6.45, 7) is 0. The summed E-state index contributed by atoms with van der Waals surface area (Å²) in [6, 6.07) is 0.234. The number of phenols is 2. The number of nitrogens with two attached hydrogens (primary N) is 6. The summed E-state index contributed by atoms with van der Waals surface area (Å²) < 4.78 is 0. The van der Waals surface area contributed by atoms with E-state index in [0.717, 1.165) is 0 Å². The first kappa shape index (κ1) is 24.4. The Labute approximate surface area is 147 Å². The molecule has 0 heterocycles. The quantitative estimate of drug-likeness (QED) is 0.0838. The van der Waals surface area contributed by atoms with Gasteiger partial charge in [0.25, 0.3) is 11.5 Å². The number of rotatable bonds is 3. The second-order valence-electron chi connectivity index (χ2n) is 3.84. The number of phenolic OH excluding ortho intramolecular Hbond substituents is 2. The molecule has 19 nitrogen and oxygen atoms in total. The minimum atomic E-state index is -1.48. The molecule has 0 aliphatic rings. The van der Waals surface area contributed by atoms with Crippen molar-refractivity contribution in [1.29, 1.82) is 0 Å². The predicted molar refractivity (Wildman–Crippen MR) is 89.7 cm³/mol. The Bertz CT molecular complexity index is 714. The molecule has 0 unspecified atom stereocenters. The zero-order chi connectivity index (χ0) is 21.9. The Kier molecular flexibility index (Phi) is 9.81. The van der Waals surface area contributed by atoms with Gasteiger partial charge in [-0.2, -0.15) is 0 Å². The second-order valence-corrected chi connectivity index (χ2v) is 3.84. The number of benzene rings is 1. The number of nitro groups is 3. The molecule has 27 heavy (non-hydrogen) atoms. The normalized spacial score (nSPS) is 8.59. The van der Waals surface area contributed by atoms with Gasteiger partial charge in [0.2, 0.25) is 11.9 Å². The molecule has 0 amide bonds. The van der Waals surface area contributed by atoms with Crippen LogP contribution in [-0.4, -0.2) is 36.9 Å². The van der Waals surface area contributed by atoms with Gasteiger partial charge >= 0.3 is 17.1 Å². The van der Waals surface area contributed by atoms with Crippen molar-refractivity contribution < 1.29 is 25.0 Å². The summed E-state index contributed by atoms with van der Waals surface area (Å²) >= 11 is 0. The fraction of sp³-hybridized carbons (Fsp3) is 0. The van der Waals surface area contributed by atoms with Crippen molar-refractivity contribution in [3.63, 3.8) is 0 Å². The first-order valence-corrected chi connectivity index (χ1v) is 5.91. The lowest BCUT2D eigenvalue weighted by molar-refractivity contribution is -0.405. The maximum atomic E-state index is 10.4. The molecule has 19 heteroatoms. The first-order chi connectivity index (χ1) is 12.3. The SMILES string of the molecule is NN=C(N)N.NN=C(N)N.O=[N+]([O-])c1cc([N+](=O)[O-])c(O)c([N+](=O)[O-])c1O. The standard InChI is InChI=1S/C6H3N3O8.2CH6N4/c10-5-2(7(12)13)1-3(8(14)15)6(11)4(5)9(16)17;2*2-1(3)5-4/h1,10-11H;2*4H2,(H4,2,3,5). The number of hydrogen-bond acceptors (Lipinski definition) is 12. The van der Waals surface area contributed by atoms with Crippen LogP contribution < -0.4 is 34.6 Å². The summed E-state index contributed by atoms with van der Waals surface area (Å²) in [6.07, 6.45) is 0.